The summed E-state index contributed by atoms with van der Waals surface area (Å²) < 4.78 is 17.2. The summed E-state index contributed by atoms with van der Waals surface area (Å²) in [6.07, 6.45) is -0.776. The number of hydrogen-bond acceptors (Lipinski definition) is 7. The summed E-state index contributed by atoms with van der Waals surface area (Å²) in [5, 5.41) is 3.01. The summed E-state index contributed by atoms with van der Waals surface area (Å²) >= 11 is 0. The van der Waals surface area contributed by atoms with Crippen molar-refractivity contribution in [3.63, 3.8) is 0 Å². The first-order chi connectivity index (χ1) is 19.9. The predicted octanol–water partition coefficient (Wildman–Crippen LogP) is 7.15. The molecule has 42 heavy (non-hydrogen) atoms. The van der Waals surface area contributed by atoms with Crippen molar-refractivity contribution in [3.05, 3.63) is 71.9 Å². The number of benzene rings is 2. The SMILES string of the molecule is CCN(CC)c1ccc(N(C(=O)OC(C)(C)C)C(C(=O)Nc2ccccc2OC(C)C)c2ccc(OC)cc2)c(C)n1. The molecule has 3 rings (SSSR count). The van der Waals surface area contributed by atoms with Crippen molar-refractivity contribution >= 4 is 29.2 Å². The first kappa shape index (κ1) is 32.2. The maximum Gasteiger partial charge on any atom is 0.415 e. The fourth-order valence-electron chi connectivity index (χ4n) is 4.50. The smallest absolute Gasteiger partial charge is 0.415 e. The lowest BCUT2D eigenvalue weighted by molar-refractivity contribution is -0.117. The fourth-order valence-corrected chi connectivity index (χ4v) is 4.50. The van der Waals surface area contributed by atoms with Gasteiger partial charge in [0, 0.05) is 13.1 Å². The van der Waals surface area contributed by atoms with Crippen molar-refractivity contribution in [2.45, 2.75) is 73.1 Å². The zero-order valence-corrected chi connectivity index (χ0v) is 26.2. The first-order valence-corrected chi connectivity index (χ1v) is 14.3. The Morgan fingerprint density at radius 1 is 0.952 bits per heavy atom. The van der Waals surface area contributed by atoms with Crippen molar-refractivity contribution in [1.29, 1.82) is 0 Å². The Kier molecular flexibility index (Phi) is 10.8. The molecule has 0 saturated heterocycles. The van der Waals surface area contributed by atoms with E-state index in [0.717, 1.165) is 18.9 Å². The summed E-state index contributed by atoms with van der Waals surface area (Å²) in [6, 6.07) is 16.8. The number of para-hydroxylation sites is 2. The molecule has 226 valence electrons. The molecule has 0 saturated carbocycles. The number of carbonyl (C=O) groups excluding carboxylic acids is 2. The number of aromatic nitrogens is 1. The number of nitrogens with one attached hydrogen (secondary N) is 1. The van der Waals surface area contributed by atoms with Crippen molar-refractivity contribution in [2.75, 3.05) is 35.3 Å². The number of rotatable bonds is 11. The Morgan fingerprint density at radius 2 is 1.60 bits per heavy atom. The summed E-state index contributed by atoms with van der Waals surface area (Å²) in [4.78, 5) is 36.6. The van der Waals surface area contributed by atoms with Crippen LogP contribution in [0, 0.1) is 6.92 Å². The Labute approximate surface area is 249 Å². The monoisotopic (exact) mass is 576 g/mol. The van der Waals surface area contributed by atoms with Gasteiger partial charge in [0.05, 0.1) is 30.3 Å². The number of methoxy groups -OCH3 is 1. The van der Waals surface area contributed by atoms with Crippen LogP contribution < -0.4 is 24.6 Å². The summed E-state index contributed by atoms with van der Waals surface area (Å²) in [7, 11) is 1.57. The van der Waals surface area contributed by atoms with Crippen LogP contribution >= 0.6 is 0 Å². The van der Waals surface area contributed by atoms with Crippen LogP contribution in [-0.4, -0.2) is 48.9 Å². The number of carbonyl (C=O) groups is 2. The molecule has 1 N–H and O–H groups in total. The van der Waals surface area contributed by atoms with Crippen LogP contribution in [0.2, 0.25) is 0 Å². The van der Waals surface area contributed by atoms with Crippen molar-refractivity contribution < 1.29 is 23.8 Å². The predicted molar refractivity (Wildman–Crippen MR) is 168 cm³/mol. The van der Waals surface area contributed by atoms with Crippen LogP contribution in [0.25, 0.3) is 0 Å². The van der Waals surface area contributed by atoms with Gasteiger partial charge in [0.1, 0.15) is 29.0 Å². The van der Waals surface area contributed by atoms with Gasteiger partial charge in [-0.25, -0.2) is 9.78 Å². The van der Waals surface area contributed by atoms with Gasteiger partial charge in [0.2, 0.25) is 0 Å². The Hall–Kier alpha value is -4.27. The Morgan fingerprint density at radius 3 is 2.14 bits per heavy atom. The molecule has 0 fully saturated rings. The third kappa shape index (κ3) is 8.15. The quantitative estimate of drug-likeness (QED) is 0.259. The highest BCUT2D eigenvalue weighted by Gasteiger charge is 2.37. The second kappa shape index (κ2) is 14.1. The molecule has 0 aliphatic heterocycles. The maximum atomic E-state index is 14.3. The zero-order chi connectivity index (χ0) is 31.0. The van der Waals surface area contributed by atoms with E-state index in [-0.39, 0.29) is 6.10 Å². The molecule has 0 aliphatic rings. The zero-order valence-electron chi connectivity index (χ0n) is 26.2. The van der Waals surface area contributed by atoms with Crippen LogP contribution in [0.1, 0.15) is 65.8 Å². The van der Waals surface area contributed by atoms with Gasteiger partial charge in [0.25, 0.3) is 5.91 Å². The summed E-state index contributed by atoms with van der Waals surface area (Å²) in [5.41, 5.74) is 1.29. The lowest BCUT2D eigenvalue weighted by Crippen LogP contribution is -2.44. The lowest BCUT2D eigenvalue weighted by Gasteiger charge is -2.34. The van der Waals surface area contributed by atoms with Gasteiger partial charge >= 0.3 is 6.09 Å². The molecule has 2 aromatic carbocycles. The molecule has 9 heteroatoms. The molecule has 2 amide bonds. The van der Waals surface area contributed by atoms with E-state index in [9.17, 15) is 9.59 Å². The van der Waals surface area contributed by atoms with Gasteiger partial charge in [-0.05, 0) is 97.4 Å². The van der Waals surface area contributed by atoms with Gasteiger partial charge in [-0.1, -0.05) is 24.3 Å². The van der Waals surface area contributed by atoms with Crippen LogP contribution in [-0.2, 0) is 9.53 Å². The van der Waals surface area contributed by atoms with Crippen molar-refractivity contribution in [1.82, 2.24) is 4.98 Å². The van der Waals surface area contributed by atoms with E-state index in [4.69, 9.17) is 19.2 Å². The van der Waals surface area contributed by atoms with E-state index < -0.39 is 23.6 Å². The Balaban J connectivity index is 2.20. The molecule has 1 aromatic heterocycles. The molecule has 1 unspecified atom stereocenters. The van der Waals surface area contributed by atoms with Gasteiger partial charge in [0.15, 0.2) is 0 Å². The molecule has 3 aromatic rings. The van der Waals surface area contributed by atoms with E-state index in [0.29, 0.717) is 34.1 Å². The minimum Gasteiger partial charge on any atom is -0.497 e. The standard InChI is InChI=1S/C33H44N4O5/c1-10-36(11-2)29-21-20-27(23(5)34-29)37(32(39)42-33(6,7)8)30(24-16-18-25(40-9)19-17-24)31(38)35-26-14-12-13-15-28(26)41-22(3)4/h12-22,30H,10-11H2,1-9H3,(H,35,38). The van der Waals surface area contributed by atoms with E-state index in [1.165, 1.54) is 4.90 Å². The van der Waals surface area contributed by atoms with Gasteiger partial charge in [-0.3, -0.25) is 9.69 Å². The largest absolute Gasteiger partial charge is 0.497 e. The summed E-state index contributed by atoms with van der Waals surface area (Å²) in [5.74, 6) is 1.49. The minimum absolute atomic E-state index is 0.100. The van der Waals surface area contributed by atoms with Gasteiger partial charge < -0.3 is 24.4 Å². The molecule has 9 nitrogen and oxygen atoms in total. The minimum atomic E-state index is -1.11. The third-order valence-corrected chi connectivity index (χ3v) is 6.43. The number of aryl methyl sites for hydroxylation is 1. The highest BCUT2D eigenvalue weighted by molar-refractivity contribution is 6.04. The molecule has 0 bridgehead atoms. The van der Waals surface area contributed by atoms with Crippen LogP contribution in [0.3, 0.4) is 0 Å². The molecular weight excluding hydrogens is 532 g/mol. The number of pyridine rings is 1. The lowest BCUT2D eigenvalue weighted by atomic mass is 10.0. The molecule has 0 radical (unpaired) electrons. The van der Waals surface area contributed by atoms with Gasteiger partial charge in [-0.2, -0.15) is 0 Å². The molecular formula is C33H44N4O5. The van der Waals surface area contributed by atoms with Crippen LogP contribution in [0.15, 0.2) is 60.7 Å². The van der Waals surface area contributed by atoms with Crippen LogP contribution in [0.4, 0.5) is 22.0 Å². The number of anilines is 3. The topological polar surface area (TPSA) is 93.2 Å². The molecule has 1 heterocycles. The molecule has 0 spiro atoms. The number of ether oxygens (including phenoxy) is 3. The van der Waals surface area contributed by atoms with E-state index in [1.807, 2.05) is 45.0 Å². The van der Waals surface area contributed by atoms with E-state index in [1.54, 1.807) is 64.3 Å². The average molecular weight is 577 g/mol. The van der Waals surface area contributed by atoms with E-state index >= 15 is 0 Å². The van der Waals surface area contributed by atoms with Crippen LogP contribution in [0.5, 0.6) is 11.5 Å². The van der Waals surface area contributed by atoms with Crippen molar-refractivity contribution in [3.8, 4) is 11.5 Å². The fraction of sp³-hybridized carbons (Fsp3) is 0.424. The second-order valence-electron chi connectivity index (χ2n) is 11.1. The van der Waals surface area contributed by atoms with E-state index in [2.05, 4.69) is 24.1 Å². The molecule has 0 aliphatic carbocycles. The normalized spacial score (nSPS) is 12.0. The number of amides is 2. The summed E-state index contributed by atoms with van der Waals surface area (Å²) in [6.45, 7) is 16.7. The maximum absolute atomic E-state index is 14.3. The first-order valence-electron chi connectivity index (χ1n) is 14.3. The third-order valence-electron chi connectivity index (χ3n) is 6.43. The van der Waals surface area contributed by atoms with Crippen molar-refractivity contribution in [2.24, 2.45) is 0 Å². The number of hydrogen-bond donors (Lipinski definition) is 1. The highest BCUT2D eigenvalue weighted by atomic mass is 16.6. The highest BCUT2D eigenvalue weighted by Crippen LogP contribution is 2.35. The van der Waals surface area contributed by atoms with Gasteiger partial charge in [-0.15, -0.1) is 0 Å². The average Bonchev–Trinajstić information content (AvgIpc) is 2.93. The second-order valence-corrected chi connectivity index (χ2v) is 11.1. The Bertz CT molecular complexity index is 1350. The number of nitrogens with zero attached hydrogens (tertiary/aromatic N) is 3. The molecule has 1 atom stereocenters.